The SMILES string of the molecule is CCCNC(=O)CCC(=O)c1ccc2c(c1)OCCCO2. The average molecular weight is 291 g/mol. The monoisotopic (exact) mass is 291 g/mol. The minimum absolute atomic E-state index is 0.0581. The summed E-state index contributed by atoms with van der Waals surface area (Å²) in [5.74, 6) is 1.13. The topological polar surface area (TPSA) is 64.6 Å². The summed E-state index contributed by atoms with van der Waals surface area (Å²) in [6.45, 7) is 3.85. The number of hydrogen-bond acceptors (Lipinski definition) is 4. The Kier molecular flexibility index (Phi) is 5.60. The summed E-state index contributed by atoms with van der Waals surface area (Å²) in [6.07, 6.45) is 2.14. The number of carbonyl (C=O) groups is 2. The third-order valence-corrected chi connectivity index (χ3v) is 3.22. The van der Waals surface area contributed by atoms with Crippen LogP contribution >= 0.6 is 0 Å². The normalized spacial score (nSPS) is 13.4. The largest absolute Gasteiger partial charge is 0.490 e. The highest BCUT2D eigenvalue weighted by atomic mass is 16.5. The predicted molar refractivity (Wildman–Crippen MR) is 78.9 cm³/mol. The lowest BCUT2D eigenvalue weighted by Crippen LogP contribution is -2.24. The molecular weight excluding hydrogens is 270 g/mol. The number of carbonyl (C=O) groups excluding carboxylic acids is 2. The fraction of sp³-hybridized carbons (Fsp3) is 0.500. The number of nitrogens with one attached hydrogen (secondary N) is 1. The van der Waals surface area contributed by atoms with Crippen LogP contribution in [0, 0.1) is 0 Å². The third kappa shape index (κ3) is 4.48. The molecule has 1 aromatic carbocycles. The van der Waals surface area contributed by atoms with Gasteiger partial charge < -0.3 is 14.8 Å². The maximum absolute atomic E-state index is 12.1. The summed E-state index contributed by atoms with van der Waals surface area (Å²) >= 11 is 0. The van der Waals surface area contributed by atoms with Crippen LogP contribution in [0.5, 0.6) is 11.5 Å². The molecule has 114 valence electrons. The number of Topliss-reactive ketones (excluding diaryl/α,β-unsaturated/α-hetero) is 1. The number of ether oxygens (including phenoxy) is 2. The summed E-state index contributed by atoms with van der Waals surface area (Å²) in [5.41, 5.74) is 0.558. The Labute approximate surface area is 124 Å². The molecule has 1 aromatic rings. The molecule has 5 heteroatoms. The maximum atomic E-state index is 12.1. The van der Waals surface area contributed by atoms with Gasteiger partial charge >= 0.3 is 0 Å². The van der Waals surface area contributed by atoms with Gasteiger partial charge in [0.05, 0.1) is 13.2 Å². The fourth-order valence-corrected chi connectivity index (χ4v) is 2.06. The van der Waals surface area contributed by atoms with Crippen LogP contribution in [0.1, 0.15) is 43.0 Å². The van der Waals surface area contributed by atoms with Gasteiger partial charge in [0, 0.05) is 31.4 Å². The van der Waals surface area contributed by atoms with Crippen molar-refractivity contribution >= 4 is 11.7 Å². The van der Waals surface area contributed by atoms with Gasteiger partial charge in [0.2, 0.25) is 5.91 Å². The molecule has 0 unspecified atom stereocenters. The summed E-state index contributed by atoms with van der Waals surface area (Å²) in [7, 11) is 0. The van der Waals surface area contributed by atoms with Crippen LogP contribution < -0.4 is 14.8 Å². The van der Waals surface area contributed by atoms with E-state index in [4.69, 9.17) is 9.47 Å². The van der Waals surface area contributed by atoms with Gasteiger partial charge in [0.1, 0.15) is 0 Å². The molecule has 0 radical (unpaired) electrons. The van der Waals surface area contributed by atoms with Crippen molar-refractivity contribution in [2.45, 2.75) is 32.6 Å². The first-order valence-corrected chi connectivity index (χ1v) is 7.40. The van der Waals surface area contributed by atoms with Crippen molar-refractivity contribution in [2.75, 3.05) is 19.8 Å². The van der Waals surface area contributed by atoms with Crippen LogP contribution in [0.4, 0.5) is 0 Å². The molecule has 0 saturated carbocycles. The quantitative estimate of drug-likeness (QED) is 0.817. The zero-order valence-electron chi connectivity index (χ0n) is 12.3. The standard InChI is InChI=1S/C16H21NO4/c1-2-8-17-16(19)7-5-13(18)12-4-6-14-15(11-12)21-10-3-9-20-14/h4,6,11H,2-3,5,7-10H2,1H3,(H,17,19). The fourth-order valence-electron chi connectivity index (χ4n) is 2.06. The summed E-state index contributed by atoms with van der Waals surface area (Å²) < 4.78 is 11.1. The van der Waals surface area contributed by atoms with E-state index in [1.165, 1.54) is 0 Å². The molecule has 1 N–H and O–H groups in total. The molecular formula is C16H21NO4. The Bertz CT molecular complexity index is 513. The molecule has 0 aromatic heterocycles. The van der Waals surface area contributed by atoms with Crippen molar-refractivity contribution in [3.05, 3.63) is 23.8 Å². The van der Waals surface area contributed by atoms with Gasteiger partial charge in [-0.1, -0.05) is 6.92 Å². The molecule has 0 aliphatic carbocycles. The minimum Gasteiger partial charge on any atom is -0.490 e. The lowest BCUT2D eigenvalue weighted by Gasteiger charge is -2.09. The van der Waals surface area contributed by atoms with Crippen molar-refractivity contribution in [2.24, 2.45) is 0 Å². The van der Waals surface area contributed by atoms with E-state index in [2.05, 4.69) is 5.32 Å². The smallest absolute Gasteiger partial charge is 0.220 e. The molecule has 0 saturated heterocycles. The first kappa shape index (κ1) is 15.4. The van der Waals surface area contributed by atoms with Crippen LogP contribution in [0.15, 0.2) is 18.2 Å². The number of amides is 1. The van der Waals surface area contributed by atoms with E-state index >= 15 is 0 Å². The van der Waals surface area contributed by atoms with Crippen molar-refractivity contribution in [3.63, 3.8) is 0 Å². The van der Waals surface area contributed by atoms with Crippen molar-refractivity contribution in [1.29, 1.82) is 0 Å². The number of benzene rings is 1. The van der Waals surface area contributed by atoms with E-state index < -0.39 is 0 Å². The van der Waals surface area contributed by atoms with Crippen molar-refractivity contribution in [1.82, 2.24) is 5.32 Å². The molecule has 0 spiro atoms. The van der Waals surface area contributed by atoms with Gasteiger partial charge in [-0.3, -0.25) is 9.59 Å². The van der Waals surface area contributed by atoms with Gasteiger partial charge in [-0.15, -0.1) is 0 Å². The number of fused-ring (bicyclic) bond motifs is 1. The Morgan fingerprint density at radius 3 is 2.67 bits per heavy atom. The lowest BCUT2D eigenvalue weighted by molar-refractivity contribution is -0.121. The van der Waals surface area contributed by atoms with Crippen LogP contribution in [-0.2, 0) is 4.79 Å². The Morgan fingerprint density at radius 2 is 1.90 bits per heavy atom. The third-order valence-electron chi connectivity index (χ3n) is 3.22. The van der Waals surface area contributed by atoms with E-state index in [0.717, 1.165) is 12.8 Å². The van der Waals surface area contributed by atoms with E-state index in [0.29, 0.717) is 36.8 Å². The summed E-state index contributed by atoms with van der Waals surface area (Å²) in [6, 6.07) is 5.18. The van der Waals surface area contributed by atoms with Gasteiger partial charge in [-0.2, -0.15) is 0 Å². The minimum atomic E-state index is -0.0838. The number of rotatable bonds is 6. The maximum Gasteiger partial charge on any atom is 0.220 e. The van der Waals surface area contributed by atoms with Crippen molar-refractivity contribution in [3.8, 4) is 11.5 Å². The first-order chi connectivity index (χ1) is 10.2. The van der Waals surface area contributed by atoms with E-state index in [1.807, 2.05) is 6.92 Å². The first-order valence-electron chi connectivity index (χ1n) is 7.40. The van der Waals surface area contributed by atoms with Gasteiger partial charge in [0.15, 0.2) is 17.3 Å². The van der Waals surface area contributed by atoms with E-state index in [-0.39, 0.29) is 24.5 Å². The lowest BCUT2D eigenvalue weighted by atomic mass is 10.1. The number of hydrogen-bond donors (Lipinski definition) is 1. The molecule has 1 heterocycles. The van der Waals surface area contributed by atoms with Crippen LogP contribution in [-0.4, -0.2) is 31.4 Å². The highest BCUT2D eigenvalue weighted by Gasteiger charge is 2.15. The summed E-state index contributed by atoms with van der Waals surface area (Å²) in [5, 5.41) is 2.76. The second-order valence-corrected chi connectivity index (χ2v) is 4.99. The highest BCUT2D eigenvalue weighted by Crippen LogP contribution is 2.30. The van der Waals surface area contributed by atoms with E-state index in [9.17, 15) is 9.59 Å². The molecule has 0 fully saturated rings. The molecule has 1 aliphatic rings. The average Bonchev–Trinajstić information content (AvgIpc) is 2.74. The molecule has 1 amide bonds. The molecule has 0 bridgehead atoms. The zero-order valence-corrected chi connectivity index (χ0v) is 12.3. The van der Waals surface area contributed by atoms with Gasteiger partial charge in [0.25, 0.3) is 0 Å². The van der Waals surface area contributed by atoms with Gasteiger partial charge in [-0.05, 0) is 24.6 Å². The Morgan fingerprint density at radius 1 is 1.14 bits per heavy atom. The molecule has 21 heavy (non-hydrogen) atoms. The Balaban J connectivity index is 1.93. The van der Waals surface area contributed by atoms with Crippen LogP contribution in [0.2, 0.25) is 0 Å². The van der Waals surface area contributed by atoms with Crippen molar-refractivity contribution < 1.29 is 19.1 Å². The Hall–Kier alpha value is -2.04. The second-order valence-electron chi connectivity index (χ2n) is 4.99. The summed E-state index contributed by atoms with van der Waals surface area (Å²) in [4.78, 5) is 23.6. The zero-order chi connectivity index (χ0) is 15.1. The molecule has 1 aliphatic heterocycles. The van der Waals surface area contributed by atoms with Crippen LogP contribution in [0.3, 0.4) is 0 Å². The van der Waals surface area contributed by atoms with Crippen LogP contribution in [0.25, 0.3) is 0 Å². The predicted octanol–water partition coefficient (Wildman–Crippen LogP) is 2.34. The molecule has 5 nitrogen and oxygen atoms in total. The highest BCUT2D eigenvalue weighted by molar-refractivity contribution is 5.98. The molecule has 2 rings (SSSR count). The number of ketones is 1. The second kappa shape index (κ2) is 7.67. The van der Waals surface area contributed by atoms with Gasteiger partial charge in [-0.25, -0.2) is 0 Å². The van der Waals surface area contributed by atoms with E-state index in [1.54, 1.807) is 18.2 Å². The molecule has 0 atom stereocenters.